The van der Waals surface area contributed by atoms with Crippen LogP contribution in [0.25, 0.3) is 0 Å². The highest BCUT2D eigenvalue weighted by atomic mass is 16.3. The van der Waals surface area contributed by atoms with E-state index in [4.69, 9.17) is 5.11 Å². The Morgan fingerprint density at radius 1 is 1.30 bits per heavy atom. The predicted octanol–water partition coefficient (Wildman–Crippen LogP) is 0.940. The van der Waals surface area contributed by atoms with Crippen LogP contribution in [0.4, 0.5) is 0 Å². The number of aliphatic hydroxyl groups is 2. The highest BCUT2D eigenvalue weighted by Gasteiger charge is 2.18. The fraction of sp³-hybridized carbons (Fsp3) is 0.750. The van der Waals surface area contributed by atoms with E-state index >= 15 is 0 Å². The maximum Gasteiger partial charge on any atom is 0.0794 e. The van der Waals surface area contributed by atoms with E-state index in [1.807, 2.05) is 0 Å². The zero-order chi connectivity index (χ0) is 8.31. The van der Waals surface area contributed by atoms with Gasteiger partial charge in [-0.3, -0.25) is 0 Å². The minimum absolute atomic E-state index is 0.127. The molecule has 60 valence electrons. The smallest absolute Gasteiger partial charge is 0.0794 e. The van der Waals surface area contributed by atoms with Crippen LogP contribution >= 0.6 is 0 Å². The third-order valence-corrected chi connectivity index (χ3v) is 1.76. The number of rotatable bonds is 3. The van der Waals surface area contributed by atoms with Gasteiger partial charge in [0.05, 0.1) is 12.2 Å². The summed E-state index contributed by atoms with van der Waals surface area (Å²) >= 11 is 0. The van der Waals surface area contributed by atoms with E-state index < -0.39 is 12.2 Å². The van der Waals surface area contributed by atoms with Crippen LogP contribution in [0, 0.1) is 5.92 Å². The molecule has 0 heterocycles. The molecule has 0 spiro atoms. The first-order valence-electron chi connectivity index (χ1n) is 3.48. The average Bonchev–Trinajstić information content (AvgIpc) is 1.84. The van der Waals surface area contributed by atoms with Crippen molar-refractivity contribution in [3.05, 3.63) is 12.2 Å². The topological polar surface area (TPSA) is 40.5 Å². The minimum atomic E-state index is -0.583. The first-order chi connectivity index (χ1) is 4.46. The van der Waals surface area contributed by atoms with Crippen molar-refractivity contribution in [2.24, 2.45) is 5.92 Å². The van der Waals surface area contributed by atoms with Crippen molar-refractivity contribution in [1.29, 1.82) is 0 Å². The number of aliphatic hydroxyl groups excluding tert-OH is 2. The molecule has 0 aliphatic carbocycles. The fourth-order valence-electron chi connectivity index (χ4n) is 0.713. The summed E-state index contributed by atoms with van der Waals surface area (Å²) < 4.78 is 0. The summed E-state index contributed by atoms with van der Waals surface area (Å²) in [4.78, 5) is 0. The van der Waals surface area contributed by atoms with Gasteiger partial charge < -0.3 is 10.2 Å². The first-order valence-corrected chi connectivity index (χ1v) is 3.48. The van der Waals surface area contributed by atoms with E-state index in [1.165, 1.54) is 0 Å². The Balaban J connectivity index is 3.94. The molecule has 0 saturated carbocycles. The van der Waals surface area contributed by atoms with Crippen molar-refractivity contribution in [1.82, 2.24) is 0 Å². The zero-order valence-corrected chi connectivity index (χ0v) is 6.83. The van der Waals surface area contributed by atoms with E-state index in [1.54, 1.807) is 20.8 Å². The van der Waals surface area contributed by atoms with Gasteiger partial charge in [0.25, 0.3) is 0 Å². The molecule has 3 atom stereocenters. The Morgan fingerprint density at radius 2 is 1.70 bits per heavy atom. The van der Waals surface area contributed by atoms with Gasteiger partial charge in [-0.05, 0) is 13.8 Å². The van der Waals surface area contributed by atoms with Crippen LogP contribution in [0.2, 0.25) is 0 Å². The van der Waals surface area contributed by atoms with Crippen molar-refractivity contribution >= 4 is 0 Å². The van der Waals surface area contributed by atoms with Crippen molar-refractivity contribution in [3.8, 4) is 0 Å². The second-order valence-electron chi connectivity index (χ2n) is 2.89. The van der Waals surface area contributed by atoms with Crippen molar-refractivity contribution < 1.29 is 10.2 Å². The van der Waals surface area contributed by atoms with Gasteiger partial charge in [0.15, 0.2) is 0 Å². The largest absolute Gasteiger partial charge is 0.393 e. The molecular weight excluding hydrogens is 128 g/mol. The van der Waals surface area contributed by atoms with Crippen molar-refractivity contribution in [2.45, 2.75) is 33.0 Å². The third-order valence-electron chi connectivity index (χ3n) is 1.76. The lowest BCUT2D eigenvalue weighted by Gasteiger charge is -2.21. The average molecular weight is 144 g/mol. The Bertz CT molecular complexity index is 118. The van der Waals surface area contributed by atoms with Gasteiger partial charge >= 0.3 is 0 Å². The SMILES string of the molecule is C=C(C)C(O)C(C)C(C)O. The third kappa shape index (κ3) is 2.50. The maximum absolute atomic E-state index is 9.31. The van der Waals surface area contributed by atoms with E-state index in [2.05, 4.69) is 6.58 Å². The quantitative estimate of drug-likeness (QED) is 0.579. The van der Waals surface area contributed by atoms with Crippen LogP contribution in [0.15, 0.2) is 12.2 Å². The van der Waals surface area contributed by atoms with Crippen molar-refractivity contribution in [3.63, 3.8) is 0 Å². The number of hydrogen-bond donors (Lipinski definition) is 2. The van der Waals surface area contributed by atoms with Gasteiger partial charge in [-0.2, -0.15) is 0 Å². The van der Waals surface area contributed by atoms with E-state index in [0.717, 1.165) is 0 Å². The molecular formula is C8H16O2. The Hall–Kier alpha value is -0.340. The first kappa shape index (κ1) is 9.66. The molecule has 0 fully saturated rings. The molecule has 0 saturated heterocycles. The van der Waals surface area contributed by atoms with Gasteiger partial charge in [-0.1, -0.05) is 19.1 Å². The van der Waals surface area contributed by atoms with Gasteiger partial charge in [0, 0.05) is 5.92 Å². The van der Waals surface area contributed by atoms with Crippen LogP contribution in [0.3, 0.4) is 0 Å². The molecule has 2 nitrogen and oxygen atoms in total. The molecule has 0 radical (unpaired) electrons. The monoisotopic (exact) mass is 144 g/mol. The number of hydrogen-bond acceptors (Lipinski definition) is 2. The molecule has 0 aromatic rings. The zero-order valence-electron chi connectivity index (χ0n) is 6.83. The van der Waals surface area contributed by atoms with Crippen LogP contribution < -0.4 is 0 Å². The van der Waals surface area contributed by atoms with Crippen LogP contribution in [-0.2, 0) is 0 Å². The molecule has 0 aromatic heterocycles. The summed E-state index contributed by atoms with van der Waals surface area (Å²) in [5.41, 5.74) is 0.702. The predicted molar refractivity (Wildman–Crippen MR) is 41.7 cm³/mol. The minimum Gasteiger partial charge on any atom is -0.393 e. The Kier molecular flexibility index (Phi) is 3.61. The highest BCUT2D eigenvalue weighted by Crippen LogP contribution is 2.13. The lowest BCUT2D eigenvalue weighted by Crippen LogP contribution is -2.27. The van der Waals surface area contributed by atoms with Gasteiger partial charge in [-0.15, -0.1) is 0 Å². The lowest BCUT2D eigenvalue weighted by molar-refractivity contribution is 0.0510. The van der Waals surface area contributed by atoms with Gasteiger partial charge in [-0.25, -0.2) is 0 Å². The van der Waals surface area contributed by atoms with Crippen LogP contribution in [0.5, 0.6) is 0 Å². The molecule has 10 heavy (non-hydrogen) atoms. The normalized spacial score (nSPS) is 19.7. The van der Waals surface area contributed by atoms with Crippen LogP contribution in [-0.4, -0.2) is 22.4 Å². The summed E-state index contributed by atoms with van der Waals surface area (Å²) in [7, 11) is 0. The molecule has 2 N–H and O–H groups in total. The molecule has 0 aromatic carbocycles. The van der Waals surface area contributed by atoms with E-state index in [0.29, 0.717) is 5.57 Å². The van der Waals surface area contributed by atoms with E-state index in [-0.39, 0.29) is 5.92 Å². The summed E-state index contributed by atoms with van der Waals surface area (Å²) in [6.45, 7) is 8.81. The van der Waals surface area contributed by atoms with E-state index in [9.17, 15) is 5.11 Å². The second kappa shape index (κ2) is 3.74. The molecule has 0 aliphatic rings. The molecule has 0 bridgehead atoms. The molecule has 0 rings (SSSR count). The summed E-state index contributed by atoms with van der Waals surface area (Å²) in [5, 5.41) is 18.3. The van der Waals surface area contributed by atoms with Crippen molar-refractivity contribution in [2.75, 3.05) is 0 Å². The van der Waals surface area contributed by atoms with Crippen LogP contribution in [0.1, 0.15) is 20.8 Å². The Labute approximate surface area is 62.2 Å². The Morgan fingerprint density at radius 3 is 1.80 bits per heavy atom. The molecule has 0 amide bonds. The summed E-state index contributed by atoms with van der Waals surface area (Å²) in [5.74, 6) is -0.127. The maximum atomic E-state index is 9.31. The lowest BCUT2D eigenvalue weighted by atomic mass is 9.95. The van der Waals surface area contributed by atoms with Gasteiger partial charge in [0.1, 0.15) is 0 Å². The molecule has 0 aliphatic heterocycles. The molecule has 2 heteroatoms. The summed E-state index contributed by atoms with van der Waals surface area (Å²) in [6.07, 6.45) is -1.06. The highest BCUT2D eigenvalue weighted by molar-refractivity contribution is 4.99. The molecule has 3 unspecified atom stereocenters. The fourth-order valence-corrected chi connectivity index (χ4v) is 0.713. The summed E-state index contributed by atoms with van der Waals surface area (Å²) in [6, 6.07) is 0. The second-order valence-corrected chi connectivity index (χ2v) is 2.89. The van der Waals surface area contributed by atoms with Gasteiger partial charge in [0.2, 0.25) is 0 Å². The standard InChI is InChI=1S/C8H16O2/c1-5(2)8(10)6(3)7(4)9/h6-10H,1H2,2-4H3.